The largest absolute Gasteiger partial charge is 0.493 e. The van der Waals surface area contributed by atoms with Gasteiger partial charge in [0.05, 0.1) is 12.3 Å². The van der Waals surface area contributed by atoms with Crippen LogP contribution in [-0.4, -0.2) is 11.6 Å². The summed E-state index contributed by atoms with van der Waals surface area (Å²) in [4.78, 5) is 5.93. The van der Waals surface area contributed by atoms with E-state index >= 15 is 0 Å². The molecule has 0 spiro atoms. The summed E-state index contributed by atoms with van der Waals surface area (Å²) in [5.74, 6) is 1.85. The van der Waals surface area contributed by atoms with Gasteiger partial charge in [-0.2, -0.15) is 0 Å². The number of nitrogens with zero attached hydrogens (tertiary/aromatic N) is 1. The van der Waals surface area contributed by atoms with Gasteiger partial charge in [0.2, 0.25) is 0 Å². The van der Waals surface area contributed by atoms with Crippen molar-refractivity contribution < 1.29 is 4.74 Å². The Morgan fingerprint density at radius 2 is 1.81 bits per heavy atom. The van der Waals surface area contributed by atoms with Gasteiger partial charge in [-0.05, 0) is 36.1 Å². The molecule has 1 heterocycles. The van der Waals surface area contributed by atoms with E-state index in [1.165, 1.54) is 4.88 Å². The van der Waals surface area contributed by atoms with Gasteiger partial charge in [-0.25, -0.2) is 4.98 Å². The molecule has 3 nitrogen and oxygen atoms in total. The molecular formula is C17H24N2OS. The Kier molecular flexibility index (Phi) is 5.37. The third-order valence-corrected chi connectivity index (χ3v) is 4.29. The van der Waals surface area contributed by atoms with Crippen LogP contribution in [0.25, 0.3) is 10.6 Å². The van der Waals surface area contributed by atoms with Crippen LogP contribution in [0.2, 0.25) is 0 Å². The average Bonchev–Trinajstić information content (AvgIpc) is 2.90. The second-order valence-corrected chi connectivity index (χ2v) is 7.00. The van der Waals surface area contributed by atoms with E-state index in [2.05, 4.69) is 39.8 Å². The van der Waals surface area contributed by atoms with Crippen molar-refractivity contribution in [3.63, 3.8) is 0 Å². The number of benzene rings is 1. The Hall–Kier alpha value is -1.39. The Labute approximate surface area is 131 Å². The van der Waals surface area contributed by atoms with Crippen molar-refractivity contribution in [3.05, 3.63) is 34.8 Å². The quantitative estimate of drug-likeness (QED) is 0.859. The van der Waals surface area contributed by atoms with Crippen LogP contribution in [0.1, 0.15) is 44.2 Å². The molecular weight excluding hydrogens is 280 g/mol. The number of ether oxygens (including phenoxy) is 1. The van der Waals surface area contributed by atoms with Crippen molar-refractivity contribution in [3.8, 4) is 16.3 Å². The lowest BCUT2D eigenvalue weighted by molar-refractivity contribution is 0.271. The van der Waals surface area contributed by atoms with E-state index in [0.29, 0.717) is 18.4 Å². The van der Waals surface area contributed by atoms with Gasteiger partial charge in [-0.15, -0.1) is 11.3 Å². The summed E-state index contributed by atoms with van der Waals surface area (Å²) in [5.41, 5.74) is 8.07. The van der Waals surface area contributed by atoms with E-state index in [1.807, 2.05) is 12.1 Å². The molecule has 0 radical (unpaired) electrons. The molecule has 2 aromatic rings. The summed E-state index contributed by atoms with van der Waals surface area (Å²) >= 11 is 1.69. The maximum atomic E-state index is 5.82. The van der Waals surface area contributed by atoms with E-state index in [-0.39, 0.29) is 0 Å². The summed E-state index contributed by atoms with van der Waals surface area (Å²) in [6.07, 6.45) is 0. The first-order chi connectivity index (χ1) is 10.0. The molecule has 0 atom stereocenters. The van der Waals surface area contributed by atoms with Gasteiger partial charge in [0.15, 0.2) is 0 Å². The molecule has 114 valence electrons. The highest BCUT2D eigenvalue weighted by Crippen LogP contribution is 2.32. The number of hydrogen-bond donors (Lipinski definition) is 1. The number of nitrogens with two attached hydrogens (primary N) is 1. The van der Waals surface area contributed by atoms with Crippen molar-refractivity contribution in [2.24, 2.45) is 11.7 Å². The van der Waals surface area contributed by atoms with Crippen LogP contribution in [0.4, 0.5) is 0 Å². The van der Waals surface area contributed by atoms with Crippen LogP contribution in [0.3, 0.4) is 0 Å². The van der Waals surface area contributed by atoms with Gasteiger partial charge in [0.1, 0.15) is 10.8 Å². The molecule has 4 heteroatoms. The van der Waals surface area contributed by atoms with Gasteiger partial charge in [-0.1, -0.05) is 27.7 Å². The van der Waals surface area contributed by atoms with E-state index < -0.39 is 0 Å². The molecule has 1 aromatic carbocycles. The van der Waals surface area contributed by atoms with Gasteiger partial charge in [-0.3, -0.25) is 0 Å². The van der Waals surface area contributed by atoms with Gasteiger partial charge >= 0.3 is 0 Å². The highest BCUT2D eigenvalue weighted by Gasteiger charge is 2.14. The Morgan fingerprint density at radius 3 is 2.29 bits per heavy atom. The first-order valence-corrected chi connectivity index (χ1v) is 8.25. The van der Waals surface area contributed by atoms with Crippen molar-refractivity contribution in [1.82, 2.24) is 4.98 Å². The molecule has 0 aliphatic carbocycles. The highest BCUT2D eigenvalue weighted by molar-refractivity contribution is 7.15. The number of thiazole rings is 1. The van der Waals surface area contributed by atoms with E-state index in [1.54, 1.807) is 11.3 Å². The lowest BCUT2D eigenvalue weighted by Gasteiger charge is -2.08. The normalized spacial score (nSPS) is 11.4. The Balaban J connectivity index is 2.18. The van der Waals surface area contributed by atoms with Crippen LogP contribution in [0.5, 0.6) is 5.75 Å². The van der Waals surface area contributed by atoms with E-state index in [4.69, 9.17) is 15.5 Å². The third kappa shape index (κ3) is 4.05. The molecule has 0 aliphatic rings. The summed E-state index contributed by atoms with van der Waals surface area (Å²) in [7, 11) is 0. The zero-order valence-corrected chi connectivity index (χ0v) is 14.0. The minimum atomic E-state index is 0.405. The second kappa shape index (κ2) is 7.05. The summed E-state index contributed by atoms with van der Waals surface area (Å²) in [6.45, 7) is 9.89. The van der Waals surface area contributed by atoms with Gasteiger partial charge in [0, 0.05) is 17.0 Å². The van der Waals surface area contributed by atoms with Crippen LogP contribution < -0.4 is 10.5 Å². The smallest absolute Gasteiger partial charge is 0.123 e. The standard InChI is InChI=1S/C17H24N2OS/c1-11(2)10-20-14-7-5-13(6-8-14)17-19-16(12(3)4)15(9-18)21-17/h5-8,11-12H,9-10,18H2,1-4H3. The number of aromatic nitrogens is 1. The molecule has 0 saturated carbocycles. The maximum Gasteiger partial charge on any atom is 0.123 e. The zero-order valence-electron chi connectivity index (χ0n) is 13.2. The lowest BCUT2D eigenvalue weighted by atomic mass is 10.1. The van der Waals surface area contributed by atoms with Crippen molar-refractivity contribution in [2.45, 2.75) is 40.2 Å². The van der Waals surface area contributed by atoms with Crippen molar-refractivity contribution >= 4 is 11.3 Å². The molecule has 0 fully saturated rings. The molecule has 0 aliphatic heterocycles. The fraction of sp³-hybridized carbons (Fsp3) is 0.471. The second-order valence-electron chi connectivity index (χ2n) is 5.92. The lowest BCUT2D eigenvalue weighted by Crippen LogP contribution is -2.04. The summed E-state index contributed by atoms with van der Waals surface area (Å²) in [5, 5.41) is 1.04. The Bertz CT molecular complexity index is 573. The fourth-order valence-corrected chi connectivity index (χ4v) is 3.14. The predicted molar refractivity (Wildman–Crippen MR) is 89.9 cm³/mol. The highest BCUT2D eigenvalue weighted by atomic mass is 32.1. The molecule has 0 unspecified atom stereocenters. The predicted octanol–water partition coefficient (Wildman–Crippen LogP) is 4.43. The molecule has 0 bridgehead atoms. The van der Waals surface area contributed by atoms with Gasteiger partial charge < -0.3 is 10.5 Å². The number of hydrogen-bond acceptors (Lipinski definition) is 4. The molecule has 21 heavy (non-hydrogen) atoms. The molecule has 0 saturated heterocycles. The van der Waals surface area contributed by atoms with Crippen LogP contribution in [0.15, 0.2) is 24.3 Å². The molecule has 2 N–H and O–H groups in total. The SMILES string of the molecule is CC(C)COc1ccc(-c2nc(C(C)C)c(CN)s2)cc1. The van der Waals surface area contributed by atoms with Crippen LogP contribution >= 0.6 is 11.3 Å². The molecule has 1 aromatic heterocycles. The Morgan fingerprint density at radius 1 is 1.14 bits per heavy atom. The minimum absolute atomic E-state index is 0.405. The number of rotatable bonds is 6. The molecule has 2 rings (SSSR count). The van der Waals surface area contributed by atoms with E-state index in [0.717, 1.165) is 28.6 Å². The zero-order chi connectivity index (χ0) is 15.4. The minimum Gasteiger partial charge on any atom is -0.493 e. The van der Waals surface area contributed by atoms with Crippen molar-refractivity contribution in [2.75, 3.05) is 6.61 Å². The van der Waals surface area contributed by atoms with E-state index in [9.17, 15) is 0 Å². The monoisotopic (exact) mass is 304 g/mol. The van der Waals surface area contributed by atoms with Crippen molar-refractivity contribution in [1.29, 1.82) is 0 Å². The topological polar surface area (TPSA) is 48.1 Å². The third-order valence-electron chi connectivity index (χ3n) is 3.14. The maximum absolute atomic E-state index is 5.82. The summed E-state index contributed by atoms with van der Waals surface area (Å²) in [6, 6.07) is 8.16. The van der Waals surface area contributed by atoms with Crippen LogP contribution in [0, 0.1) is 5.92 Å². The first kappa shape index (κ1) is 16.0. The average molecular weight is 304 g/mol. The fourth-order valence-electron chi connectivity index (χ4n) is 2.04. The molecule has 0 amide bonds. The summed E-state index contributed by atoms with van der Waals surface area (Å²) < 4.78 is 5.71. The van der Waals surface area contributed by atoms with Crippen LogP contribution in [-0.2, 0) is 6.54 Å². The van der Waals surface area contributed by atoms with Gasteiger partial charge in [0.25, 0.3) is 0 Å². The first-order valence-electron chi connectivity index (χ1n) is 7.44.